The topological polar surface area (TPSA) is 29.5 Å². The second-order valence-corrected chi connectivity index (χ2v) is 6.18. The van der Waals surface area contributed by atoms with Gasteiger partial charge in [-0.25, -0.2) is 0 Å². The van der Waals surface area contributed by atoms with Gasteiger partial charge < -0.3 is 9.84 Å². The Morgan fingerprint density at radius 2 is 2.06 bits per heavy atom. The lowest BCUT2D eigenvalue weighted by molar-refractivity contribution is -0.129. The molecule has 1 heterocycles. The normalized spacial score (nSPS) is 33.6. The Labute approximate surface area is 120 Å². The van der Waals surface area contributed by atoms with E-state index in [0.29, 0.717) is 12.8 Å². The van der Waals surface area contributed by atoms with E-state index >= 15 is 0 Å². The van der Waals surface area contributed by atoms with Gasteiger partial charge in [-0.1, -0.05) is 46.3 Å². The third-order valence-electron chi connectivity index (χ3n) is 3.06. The molecule has 1 fully saturated rings. The predicted octanol–water partition coefficient (Wildman–Crippen LogP) is 3.75. The number of halogens is 2. The average Bonchev–Trinajstić information content (AvgIpc) is 2.27. The van der Waals surface area contributed by atoms with Crippen molar-refractivity contribution in [3.63, 3.8) is 0 Å². The second kappa shape index (κ2) is 5.43. The van der Waals surface area contributed by atoms with Gasteiger partial charge in [-0.05, 0) is 24.6 Å². The Morgan fingerprint density at radius 3 is 2.65 bits per heavy atom. The quantitative estimate of drug-likeness (QED) is 0.638. The smallest absolute Gasteiger partial charge is 0.0856 e. The van der Waals surface area contributed by atoms with Gasteiger partial charge in [-0.3, -0.25) is 0 Å². The maximum Gasteiger partial charge on any atom is 0.0856 e. The van der Waals surface area contributed by atoms with Gasteiger partial charge in [0.1, 0.15) is 0 Å². The molecular formula is C13H16ClIO2. The molecule has 1 aromatic carbocycles. The van der Waals surface area contributed by atoms with Gasteiger partial charge in [0.2, 0.25) is 0 Å². The zero-order chi connectivity index (χ0) is 12.5. The van der Waals surface area contributed by atoms with Crippen molar-refractivity contribution < 1.29 is 9.84 Å². The van der Waals surface area contributed by atoms with Gasteiger partial charge in [0.25, 0.3) is 0 Å². The van der Waals surface area contributed by atoms with Crippen LogP contribution in [0.2, 0.25) is 5.02 Å². The Morgan fingerprint density at radius 1 is 1.41 bits per heavy atom. The number of hydrogen-bond acceptors (Lipinski definition) is 2. The molecule has 94 valence electrons. The number of rotatable bonds is 2. The van der Waals surface area contributed by atoms with Gasteiger partial charge in [-0.2, -0.15) is 0 Å². The van der Waals surface area contributed by atoms with Crippen LogP contribution in [0.5, 0.6) is 0 Å². The highest BCUT2D eigenvalue weighted by molar-refractivity contribution is 14.1. The fraction of sp³-hybridized carbons (Fsp3) is 0.538. The van der Waals surface area contributed by atoms with E-state index in [1.807, 2.05) is 31.2 Å². The molecule has 1 saturated heterocycles. The highest BCUT2D eigenvalue weighted by atomic mass is 127. The number of benzene rings is 1. The number of hydrogen-bond donors (Lipinski definition) is 1. The summed E-state index contributed by atoms with van der Waals surface area (Å²) in [5, 5.41) is 11.0. The van der Waals surface area contributed by atoms with Crippen molar-refractivity contribution in [1.82, 2.24) is 0 Å². The summed E-state index contributed by atoms with van der Waals surface area (Å²) in [4.78, 5) is 0. The Balaban J connectivity index is 2.17. The Kier molecular flexibility index (Phi) is 4.34. The lowest BCUT2D eigenvalue weighted by Gasteiger charge is -2.39. The van der Waals surface area contributed by atoms with E-state index < -0.39 is 5.60 Å². The van der Waals surface area contributed by atoms with Crippen LogP contribution in [0, 0.1) is 0 Å². The predicted molar refractivity (Wildman–Crippen MR) is 77.8 cm³/mol. The van der Waals surface area contributed by atoms with Crippen LogP contribution in [-0.4, -0.2) is 21.2 Å². The van der Waals surface area contributed by atoms with Gasteiger partial charge in [0, 0.05) is 22.3 Å². The summed E-state index contributed by atoms with van der Waals surface area (Å²) in [5.74, 6) is 0. The fourth-order valence-corrected chi connectivity index (χ4v) is 2.91. The minimum atomic E-state index is -0.640. The van der Waals surface area contributed by atoms with Crippen molar-refractivity contribution in [1.29, 1.82) is 0 Å². The van der Waals surface area contributed by atoms with E-state index in [2.05, 4.69) is 22.6 Å². The summed E-state index contributed by atoms with van der Waals surface area (Å²) >= 11 is 8.17. The lowest BCUT2D eigenvalue weighted by Crippen LogP contribution is -2.40. The second-order valence-electron chi connectivity index (χ2n) is 4.86. The third-order valence-corrected chi connectivity index (χ3v) is 4.30. The summed E-state index contributed by atoms with van der Waals surface area (Å²) in [5.41, 5.74) is 0.447. The van der Waals surface area contributed by atoms with E-state index in [1.54, 1.807) is 0 Å². The maximum atomic E-state index is 10.3. The van der Waals surface area contributed by atoms with Crippen molar-refractivity contribution >= 4 is 34.2 Å². The first kappa shape index (κ1) is 13.6. The molecule has 0 spiro atoms. The molecule has 1 aliphatic rings. The standard InChI is InChI=1S/C13H16ClIO2/c1-13(16)6-11(8-15)17-12(7-13)9-2-4-10(14)5-3-9/h2-5,11-12,16H,6-8H2,1H3. The molecule has 2 nitrogen and oxygen atoms in total. The summed E-state index contributed by atoms with van der Waals surface area (Å²) < 4.78 is 6.89. The highest BCUT2D eigenvalue weighted by Crippen LogP contribution is 2.37. The molecule has 0 bridgehead atoms. The van der Waals surface area contributed by atoms with Gasteiger partial charge in [0.15, 0.2) is 0 Å². The highest BCUT2D eigenvalue weighted by Gasteiger charge is 2.36. The molecule has 2 rings (SSSR count). The lowest BCUT2D eigenvalue weighted by atomic mass is 9.87. The molecule has 0 amide bonds. The van der Waals surface area contributed by atoms with Crippen molar-refractivity contribution in [3.8, 4) is 0 Å². The van der Waals surface area contributed by atoms with E-state index in [9.17, 15) is 5.11 Å². The SMILES string of the molecule is CC1(O)CC(CI)OC(c2ccc(Cl)cc2)C1. The maximum absolute atomic E-state index is 10.3. The van der Waals surface area contributed by atoms with Gasteiger partial charge in [0.05, 0.1) is 17.8 Å². The molecule has 4 heteroatoms. The first-order valence-corrected chi connectivity index (χ1v) is 7.60. The molecule has 0 radical (unpaired) electrons. The Hall–Kier alpha value is 0.160. The molecular weight excluding hydrogens is 350 g/mol. The first-order chi connectivity index (χ1) is 8.00. The molecule has 0 aromatic heterocycles. The molecule has 0 aliphatic carbocycles. The summed E-state index contributed by atoms with van der Waals surface area (Å²) in [6, 6.07) is 7.67. The molecule has 1 aliphatic heterocycles. The summed E-state index contributed by atoms with van der Waals surface area (Å²) in [6.07, 6.45) is 1.44. The molecule has 3 unspecified atom stereocenters. The van der Waals surface area contributed by atoms with Crippen molar-refractivity contribution in [2.75, 3.05) is 4.43 Å². The van der Waals surface area contributed by atoms with Crippen LogP contribution in [0.15, 0.2) is 24.3 Å². The van der Waals surface area contributed by atoms with Crippen molar-refractivity contribution in [2.24, 2.45) is 0 Å². The van der Waals surface area contributed by atoms with Crippen LogP contribution in [0.25, 0.3) is 0 Å². The van der Waals surface area contributed by atoms with Crippen LogP contribution in [0.1, 0.15) is 31.4 Å². The Bertz CT molecular complexity index is 378. The minimum absolute atomic E-state index is 0.0317. The van der Waals surface area contributed by atoms with E-state index in [0.717, 1.165) is 15.0 Å². The summed E-state index contributed by atoms with van der Waals surface area (Å²) in [6.45, 7) is 1.89. The van der Waals surface area contributed by atoms with Crippen LogP contribution < -0.4 is 0 Å². The van der Waals surface area contributed by atoms with E-state index in [1.165, 1.54) is 0 Å². The zero-order valence-corrected chi connectivity index (χ0v) is 12.6. The van der Waals surface area contributed by atoms with Crippen LogP contribution in [0.4, 0.5) is 0 Å². The molecule has 17 heavy (non-hydrogen) atoms. The van der Waals surface area contributed by atoms with E-state index in [-0.39, 0.29) is 12.2 Å². The van der Waals surface area contributed by atoms with Crippen LogP contribution in [-0.2, 0) is 4.74 Å². The number of aliphatic hydroxyl groups is 1. The minimum Gasteiger partial charge on any atom is -0.390 e. The van der Waals surface area contributed by atoms with Gasteiger partial charge in [-0.15, -0.1) is 0 Å². The first-order valence-electron chi connectivity index (χ1n) is 5.69. The van der Waals surface area contributed by atoms with Gasteiger partial charge >= 0.3 is 0 Å². The van der Waals surface area contributed by atoms with Crippen molar-refractivity contribution in [2.45, 2.75) is 37.6 Å². The number of alkyl halides is 1. The molecule has 3 atom stereocenters. The average molecular weight is 367 g/mol. The molecule has 0 saturated carbocycles. The monoisotopic (exact) mass is 366 g/mol. The molecule has 1 N–H and O–H groups in total. The summed E-state index contributed by atoms with van der Waals surface area (Å²) in [7, 11) is 0. The van der Waals surface area contributed by atoms with Crippen LogP contribution in [0.3, 0.4) is 0 Å². The number of ether oxygens (including phenoxy) is 1. The zero-order valence-electron chi connectivity index (χ0n) is 9.70. The van der Waals surface area contributed by atoms with Crippen molar-refractivity contribution in [3.05, 3.63) is 34.9 Å². The largest absolute Gasteiger partial charge is 0.390 e. The van der Waals surface area contributed by atoms with Crippen LogP contribution >= 0.6 is 34.2 Å². The van der Waals surface area contributed by atoms with E-state index in [4.69, 9.17) is 16.3 Å². The molecule has 1 aromatic rings. The fourth-order valence-electron chi connectivity index (χ4n) is 2.27. The third kappa shape index (κ3) is 3.56.